The third kappa shape index (κ3) is 3.66. The van der Waals surface area contributed by atoms with E-state index in [1.54, 1.807) is 13.0 Å². The Hall–Kier alpha value is -2.80. The number of furan rings is 1. The molecule has 0 unspecified atom stereocenters. The lowest BCUT2D eigenvalue weighted by atomic mass is 10.1. The summed E-state index contributed by atoms with van der Waals surface area (Å²) in [4.78, 5) is 12.5. The maximum Gasteiger partial charge on any atom is 0.342 e. The van der Waals surface area contributed by atoms with Crippen LogP contribution in [0.1, 0.15) is 17.3 Å². The highest BCUT2D eigenvalue weighted by atomic mass is 32.2. The van der Waals surface area contributed by atoms with E-state index in [4.69, 9.17) is 13.3 Å². The van der Waals surface area contributed by atoms with Crippen molar-refractivity contribution in [3.63, 3.8) is 0 Å². The molecular weight excluding hydrogens is 344 g/mol. The quantitative estimate of drug-likeness (QED) is 0.510. The fourth-order valence-corrected chi connectivity index (χ4v) is 2.96. The molecule has 2 aromatic carbocycles. The number of fused-ring (bicyclic) bond motifs is 1. The Labute approximate surface area is 145 Å². The minimum atomic E-state index is -3.68. The Bertz CT molecular complexity index is 1020. The second kappa shape index (κ2) is 6.60. The molecule has 0 atom stereocenters. The Kier molecular flexibility index (Phi) is 4.50. The Morgan fingerprint density at radius 2 is 1.84 bits per heavy atom. The standard InChI is InChI=1S/C18H16O6S/c1-3-22-18(19)16-14-11-13(24-25(2,20)21)9-10-15(14)23-17(16)12-7-5-4-6-8-12/h4-11H,3H2,1-2H3. The molecular formula is C18H16O6S. The monoisotopic (exact) mass is 360 g/mol. The SMILES string of the molecule is CCOC(=O)c1c(-c2ccccc2)oc2ccc(OS(C)(=O)=O)cc12. The van der Waals surface area contributed by atoms with E-state index < -0.39 is 16.1 Å². The molecule has 3 aromatic rings. The van der Waals surface area contributed by atoms with Gasteiger partial charge in [0.05, 0.1) is 12.9 Å². The molecule has 130 valence electrons. The first-order chi connectivity index (χ1) is 11.9. The lowest BCUT2D eigenvalue weighted by Crippen LogP contribution is -2.06. The normalized spacial score (nSPS) is 11.4. The van der Waals surface area contributed by atoms with Crippen molar-refractivity contribution in [2.24, 2.45) is 0 Å². The highest BCUT2D eigenvalue weighted by Gasteiger charge is 2.24. The molecule has 0 N–H and O–H groups in total. The van der Waals surface area contributed by atoms with E-state index in [9.17, 15) is 13.2 Å². The molecule has 1 aromatic heterocycles. The number of hydrogen-bond donors (Lipinski definition) is 0. The predicted molar refractivity (Wildman–Crippen MR) is 93.1 cm³/mol. The topological polar surface area (TPSA) is 82.8 Å². The molecule has 0 amide bonds. The lowest BCUT2D eigenvalue weighted by Gasteiger charge is -2.04. The van der Waals surface area contributed by atoms with Crippen LogP contribution in [0.2, 0.25) is 0 Å². The second-order valence-electron chi connectivity index (χ2n) is 5.34. The fraction of sp³-hybridized carbons (Fsp3) is 0.167. The van der Waals surface area contributed by atoms with Gasteiger partial charge in [-0.25, -0.2) is 4.79 Å². The van der Waals surface area contributed by atoms with Gasteiger partial charge in [0.25, 0.3) is 0 Å². The summed E-state index contributed by atoms with van der Waals surface area (Å²) >= 11 is 0. The number of carbonyl (C=O) groups is 1. The van der Waals surface area contributed by atoms with Crippen molar-refractivity contribution in [1.82, 2.24) is 0 Å². The van der Waals surface area contributed by atoms with Crippen molar-refractivity contribution < 1.29 is 26.5 Å². The van der Waals surface area contributed by atoms with Gasteiger partial charge in [-0.2, -0.15) is 8.42 Å². The van der Waals surface area contributed by atoms with Crippen molar-refractivity contribution in [2.45, 2.75) is 6.92 Å². The van der Waals surface area contributed by atoms with E-state index in [-0.39, 0.29) is 17.9 Å². The van der Waals surface area contributed by atoms with Gasteiger partial charge < -0.3 is 13.3 Å². The molecule has 3 rings (SSSR count). The zero-order valence-electron chi connectivity index (χ0n) is 13.7. The van der Waals surface area contributed by atoms with Gasteiger partial charge >= 0.3 is 16.1 Å². The molecule has 6 nitrogen and oxygen atoms in total. The maximum absolute atomic E-state index is 12.5. The van der Waals surface area contributed by atoms with Crippen LogP contribution in [0.3, 0.4) is 0 Å². The van der Waals surface area contributed by atoms with Crippen LogP contribution in [-0.4, -0.2) is 27.2 Å². The predicted octanol–water partition coefficient (Wildman–Crippen LogP) is 3.61. The number of carbonyl (C=O) groups excluding carboxylic acids is 1. The van der Waals surface area contributed by atoms with Crippen molar-refractivity contribution in [2.75, 3.05) is 12.9 Å². The van der Waals surface area contributed by atoms with Crippen LogP contribution in [0.25, 0.3) is 22.3 Å². The summed E-state index contributed by atoms with van der Waals surface area (Å²) in [6.07, 6.45) is 0.953. The first kappa shape index (κ1) is 17.0. The van der Waals surface area contributed by atoms with Gasteiger partial charge in [-0.15, -0.1) is 0 Å². The van der Waals surface area contributed by atoms with E-state index in [1.165, 1.54) is 12.1 Å². The number of rotatable bonds is 5. The Balaban J connectivity index is 2.22. The molecule has 0 radical (unpaired) electrons. The minimum Gasteiger partial charge on any atom is -0.462 e. The zero-order chi connectivity index (χ0) is 18.0. The largest absolute Gasteiger partial charge is 0.462 e. The number of esters is 1. The first-order valence-electron chi connectivity index (χ1n) is 7.57. The van der Waals surface area contributed by atoms with E-state index in [1.807, 2.05) is 30.3 Å². The average Bonchev–Trinajstić information content (AvgIpc) is 2.93. The molecule has 0 aliphatic heterocycles. The maximum atomic E-state index is 12.5. The van der Waals surface area contributed by atoms with Gasteiger partial charge in [0.2, 0.25) is 0 Å². The summed E-state index contributed by atoms with van der Waals surface area (Å²) < 4.78 is 38.6. The molecule has 0 bridgehead atoms. The van der Waals surface area contributed by atoms with Gasteiger partial charge in [-0.3, -0.25) is 0 Å². The molecule has 0 fully saturated rings. The molecule has 25 heavy (non-hydrogen) atoms. The van der Waals surface area contributed by atoms with E-state index in [0.717, 1.165) is 6.26 Å². The van der Waals surface area contributed by atoms with E-state index in [0.29, 0.717) is 22.3 Å². The summed E-state index contributed by atoms with van der Waals surface area (Å²) in [5, 5.41) is 0.429. The van der Waals surface area contributed by atoms with Crippen molar-refractivity contribution in [3.05, 3.63) is 54.1 Å². The van der Waals surface area contributed by atoms with Gasteiger partial charge in [0.1, 0.15) is 22.7 Å². The summed E-state index contributed by atoms with van der Waals surface area (Å²) in [6.45, 7) is 1.92. The van der Waals surface area contributed by atoms with E-state index >= 15 is 0 Å². The van der Waals surface area contributed by atoms with Gasteiger partial charge in [0.15, 0.2) is 0 Å². The van der Waals surface area contributed by atoms with Gasteiger partial charge in [0, 0.05) is 10.9 Å². The van der Waals surface area contributed by atoms with Crippen LogP contribution < -0.4 is 4.18 Å². The average molecular weight is 360 g/mol. The van der Waals surface area contributed by atoms with Gasteiger partial charge in [-0.1, -0.05) is 30.3 Å². The molecule has 0 saturated carbocycles. The minimum absolute atomic E-state index is 0.0981. The van der Waals surface area contributed by atoms with E-state index in [2.05, 4.69) is 0 Å². The highest BCUT2D eigenvalue weighted by molar-refractivity contribution is 7.86. The zero-order valence-corrected chi connectivity index (χ0v) is 14.5. The summed E-state index contributed by atoms with van der Waals surface area (Å²) in [7, 11) is -3.68. The van der Waals surface area contributed by atoms with Crippen LogP contribution in [0.4, 0.5) is 0 Å². The van der Waals surface area contributed by atoms with Gasteiger partial charge in [-0.05, 0) is 25.1 Å². The van der Waals surface area contributed by atoms with Crippen molar-refractivity contribution in [1.29, 1.82) is 0 Å². The van der Waals surface area contributed by atoms with Crippen molar-refractivity contribution >= 4 is 27.1 Å². The second-order valence-corrected chi connectivity index (χ2v) is 6.91. The summed E-state index contributed by atoms with van der Waals surface area (Å²) in [5.74, 6) is -0.0804. The summed E-state index contributed by atoms with van der Waals surface area (Å²) in [6, 6.07) is 13.6. The highest BCUT2D eigenvalue weighted by Crippen LogP contribution is 2.36. The van der Waals surface area contributed by atoms with Crippen LogP contribution in [-0.2, 0) is 14.9 Å². The molecule has 0 spiro atoms. The van der Waals surface area contributed by atoms with Crippen LogP contribution in [0.15, 0.2) is 52.9 Å². The van der Waals surface area contributed by atoms with Crippen LogP contribution >= 0.6 is 0 Å². The smallest absolute Gasteiger partial charge is 0.342 e. The lowest BCUT2D eigenvalue weighted by molar-refractivity contribution is 0.0528. The molecule has 0 aliphatic rings. The molecule has 0 saturated heterocycles. The number of ether oxygens (including phenoxy) is 1. The Morgan fingerprint density at radius 3 is 2.48 bits per heavy atom. The fourth-order valence-electron chi connectivity index (χ4n) is 2.50. The van der Waals surface area contributed by atoms with Crippen LogP contribution in [0, 0.1) is 0 Å². The van der Waals surface area contributed by atoms with Crippen LogP contribution in [0.5, 0.6) is 5.75 Å². The molecule has 1 heterocycles. The third-order valence-electron chi connectivity index (χ3n) is 3.42. The molecule has 7 heteroatoms. The molecule has 0 aliphatic carbocycles. The third-order valence-corrected chi connectivity index (χ3v) is 3.92. The first-order valence-corrected chi connectivity index (χ1v) is 9.39. The number of benzene rings is 2. The van der Waals surface area contributed by atoms with Crippen molar-refractivity contribution in [3.8, 4) is 17.1 Å². The Morgan fingerprint density at radius 1 is 1.12 bits per heavy atom. The number of hydrogen-bond acceptors (Lipinski definition) is 6. The summed E-state index contributed by atoms with van der Waals surface area (Å²) in [5.41, 5.74) is 1.39.